The summed E-state index contributed by atoms with van der Waals surface area (Å²) in [5, 5.41) is 0. The summed E-state index contributed by atoms with van der Waals surface area (Å²) in [7, 11) is 0. The first-order chi connectivity index (χ1) is 72.4. The molecular weight excluding hydrogens is 1910 g/mol. The summed E-state index contributed by atoms with van der Waals surface area (Å²) < 4.78 is 89.8. The van der Waals surface area contributed by atoms with Gasteiger partial charge < -0.3 is 44.2 Å². The van der Waals surface area contributed by atoms with Gasteiger partial charge >= 0.3 is 0 Å². The molecule has 5 N–H and O–H groups in total. The molecule has 5 atom stereocenters. The number of halogens is 6. The fourth-order valence-electron chi connectivity index (χ4n) is 21.3. The second-order valence-electron chi connectivity index (χ2n) is 38.6. The number of amides is 5. The number of thioether (sulfide) groups is 1. The van der Waals surface area contributed by atoms with Gasteiger partial charge in [-0.3, -0.25) is 48.5 Å². The largest absolute Gasteiger partial charge is 0.494 e. The van der Waals surface area contributed by atoms with Gasteiger partial charge in [-0.2, -0.15) is 11.8 Å². The molecule has 149 heavy (non-hydrogen) atoms. The Bertz CT molecular complexity index is 7270. The van der Waals surface area contributed by atoms with Gasteiger partial charge in [-0.15, -0.1) is 0 Å². The van der Waals surface area contributed by atoms with E-state index in [2.05, 4.69) is 150 Å². The van der Waals surface area contributed by atoms with Crippen LogP contribution in [0.15, 0.2) is 302 Å². The van der Waals surface area contributed by atoms with Gasteiger partial charge in [0.2, 0.25) is 12.3 Å². The summed E-state index contributed by atoms with van der Waals surface area (Å²) in [4.78, 5) is 115. The van der Waals surface area contributed by atoms with Gasteiger partial charge in [0, 0.05) is 140 Å². The number of unbranched alkanes of at least 4 members (excludes halogenated alkanes) is 1. The van der Waals surface area contributed by atoms with Crippen LogP contribution < -0.4 is 43.8 Å². The molecule has 5 amide bonds. The minimum Gasteiger partial charge on any atom is -0.494 e. The van der Waals surface area contributed by atoms with E-state index in [-0.39, 0.29) is 104 Å². The smallest absolute Gasteiger partial charge is 0.251 e. The molecule has 1 saturated carbocycles. The predicted octanol–water partition coefficient (Wildman–Crippen LogP) is 26.6. The zero-order valence-corrected chi connectivity index (χ0v) is 85.0. The second kappa shape index (κ2) is 45.6. The molecule has 12 heterocycles. The maximum atomic E-state index is 13.5. The highest BCUT2D eigenvalue weighted by Crippen LogP contribution is 2.49. The molecule has 8 aliphatic rings. The number of rotatable bonds is 27. The number of aromatic nitrogens is 10. The van der Waals surface area contributed by atoms with E-state index in [1.165, 1.54) is 17.2 Å². The minimum atomic E-state index is -2.56. The van der Waals surface area contributed by atoms with Crippen molar-refractivity contribution in [2.24, 2.45) is 0 Å². The van der Waals surface area contributed by atoms with Gasteiger partial charge in [-0.05, 0) is 264 Å². The molecule has 15 aromatic rings. The van der Waals surface area contributed by atoms with Gasteiger partial charge in [0.1, 0.15) is 11.5 Å². The third-order valence-corrected chi connectivity index (χ3v) is 30.3. The molecule has 24 nitrogen and oxygen atoms in total. The average Bonchev–Trinajstić information content (AvgIpc) is 1.64. The van der Waals surface area contributed by atoms with E-state index >= 15 is 0 Å². The van der Waals surface area contributed by atoms with Crippen LogP contribution in [0.3, 0.4) is 0 Å². The Kier molecular flexibility index (Phi) is 31.3. The zero-order chi connectivity index (χ0) is 104. The highest BCUT2D eigenvalue weighted by Gasteiger charge is 2.43. The monoisotopic (exact) mass is 2030 g/mol. The van der Waals surface area contributed by atoms with Gasteiger partial charge in [0.25, 0.3) is 35.5 Å². The number of piperidine rings is 1. The van der Waals surface area contributed by atoms with Crippen molar-refractivity contribution in [1.82, 2.24) is 49.8 Å². The normalized spacial score (nSPS) is 19.2. The Balaban J connectivity index is 0.000000117. The maximum absolute atomic E-state index is 13.5. The van der Waals surface area contributed by atoms with E-state index < -0.39 is 18.3 Å². The number of alkyl halides is 6. The number of hydrogen-bond acceptors (Lipinski definition) is 15. The number of nitrogens with zero attached hydrogens (tertiary/aromatic N) is 12. The van der Waals surface area contributed by atoms with E-state index in [9.17, 15) is 50.3 Å². The van der Waals surface area contributed by atoms with Crippen LogP contribution in [-0.4, -0.2) is 149 Å². The Morgan fingerprint density at radius 3 is 0.866 bits per heavy atom. The van der Waals surface area contributed by atoms with E-state index in [0.29, 0.717) is 38.1 Å². The number of benzene rings is 10. The SMILES string of the molecule is CCC1=CC(=O)N(c2ccc3nc[nH]c3c2)C1c1ccc(C2CCC(F)(F)CC2)cc1.CCC1=CC(=O)N(c2ccc3nc[nH]c3c2)C1c1ccc(N2CCC(F)(F)CC2)cc1.CCC1=CC(=O)N(c2ccc3nc[nH]c3c2)C1c1ccc(N2CCSCC2)cc1.CCC1=CC(=O)N(c2ccc3nc[nH]c3c2)C1c1ccc(OCCCC(F)F)cc1.CCCCOc1ccc(C2C(CC)=CC(=O)N2c2ccc3nc[nH]c3c2)cc1. The van der Waals surface area contributed by atoms with Crippen molar-refractivity contribution < 1.29 is 59.8 Å². The molecule has 10 aromatic carbocycles. The lowest BCUT2D eigenvalue weighted by molar-refractivity contribution is -0.114. The van der Waals surface area contributed by atoms with Crippen LogP contribution >= 0.6 is 11.8 Å². The minimum absolute atomic E-state index is 0.0176. The lowest BCUT2D eigenvalue weighted by Crippen LogP contribution is -2.39. The first-order valence-electron chi connectivity index (χ1n) is 51.6. The Morgan fingerprint density at radius 1 is 0.329 bits per heavy atom. The molecule has 31 heteroatoms. The zero-order valence-electron chi connectivity index (χ0n) is 84.2. The van der Waals surface area contributed by atoms with Crippen molar-refractivity contribution in [2.75, 3.05) is 85.2 Å². The molecule has 5 unspecified atom stereocenters. The topological polar surface area (TPSA) is 270 Å². The van der Waals surface area contributed by atoms with Crippen molar-refractivity contribution in [3.05, 3.63) is 336 Å². The molecular formula is C118H121F6N17O7S. The molecule has 0 radical (unpaired) electrons. The second-order valence-corrected chi connectivity index (χ2v) is 39.8. The van der Waals surface area contributed by atoms with Crippen molar-refractivity contribution in [3.8, 4) is 11.5 Å². The van der Waals surface area contributed by atoms with Crippen LogP contribution in [0.25, 0.3) is 55.2 Å². The summed E-state index contributed by atoms with van der Waals surface area (Å²) in [5.41, 5.74) is 27.1. The fraction of sp³-hybridized carbons (Fsp3) is 0.322. The predicted molar refractivity (Wildman–Crippen MR) is 579 cm³/mol. The van der Waals surface area contributed by atoms with Crippen LogP contribution in [0, 0.1) is 0 Å². The van der Waals surface area contributed by atoms with Gasteiger partial charge in [-0.1, -0.05) is 121 Å². The fourth-order valence-corrected chi connectivity index (χ4v) is 22.2. The molecule has 5 aromatic heterocycles. The van der Waals surface area contributed by atoms with Crippen LogP contribution in [0.1, 0.15) is 207 Å². The average molecular weight is 2040 g/mol. The lowest BCUT2D eigenvalue weighted by atomic mass is 9.82. The molecule has 0 bridgehead atoms. The first kappa shape index (κ1) is 102. The summed E-state index contributed by atoms with van der Waals surface area (Å²) in [6, 6.07) is 69.1. The Morgan fingerprint density at radius 2 is 0.584 bits per heavy atom. The van der Waals surface area contributed by atoms with E-state index in [4.69, 9.17) is 9.47 Å². The summed E-state index contributed by atoms with van der Waals surface area (Å²) in [6.45, 7) is 16.4. The van der Waals surface area contributed by atoms with E-state index in [0.717, 1.165) is 221 Å². The number of ether oxygens (including phenoxy) is 2. The molecule has 23 rings (SSSR count). The Hall–Kier alpha value is -15.3. The van der Waals surface area contributed by atoms with Crippen LogP contribution in [0.5, 0.6) is 11.5 Å². The van der Waals surface area contributed by atoms with Crippen molar-refractivity contribution in [3.63, 3.8) is 0 Å². The summed E-state index contributed by atoms with van der Waals surface area (Å²) in [5.74, 6) is -1.08. The third kappa shape index (κ3) is 22.8. The highest BCUT2D eigenvalue weighted by molar-refractivity contribution is 7.99. The van der Waals surface area contributed by atoms with Crippen LogP contribution in [0.2, 0.25) is 0 Å². The van der Waals surface area contributed by atoms with Crippen LogP contribution in [-0.2, 0) is 24.0 Å². The van der Waals surface area contributed by atoms with Gasteiger partial charge in [0.05, 0.1) is 130 Å². The molecule has 3 fully saturated rings. The van der Waals surface area contributed by atoms with Crippen LogP contribution in [0.4, 0.5) is 66.2 Å². The molecule has 1 aliphatic carbocycles. The summed E-state index contributed by atoms with van der Waals surface area (Å²) >= 11 is 2.02. The van der Waals surface area contributed by atoms with Crippen molar-refractivity contribution in [2.45, 2.75) is 192 Å². The molecule has 768 valence electrons. The summed E-state index contributed by atoms with van der Waals surface area (Å²) in [6.07, 6.45) is 21.7. The lowest BCUT2D eigenvalue weighted by Gasteiger charge is -2.34. The number of imidazole rings is 5. The number of hydrogen-bond donors (Lipinski definition) is 5. The molecule has 2 saturated heterocycles. The quantitative estimate of drug-likeness (QED) is 0.0237. The molecule has 0 spiro atoms. The van der Waals surface area contributed by atoms with Gasteiger partial charge in [-0.25, -0.2) is 51.3 Å². The van der Waals surface area contributed by atoms with E-state index in [1.807, 2.05) is 195 Å². The number of carbonyl (C=O) groups is 5. The maximum Gasteiger partial charge on any atom is 0.251 e. The molecule has 7 aliphatic heterocycles. The number of carbonyl (C=O) groups excluding carboxylic acids is 5. The number of anilines is 7. The standard InChI is InChI=1S/C25H25F2N3O.C24H24F2N4O.C23H23F2N3O2.C23H24N4OS.C23H25N3O2/c1-2-16-13-23(31)30(20-7-8-21-22(14-20)29-15-28-21)24(16)19-5-3-17(4-6-19)18-9-11-25(26,27)12-10-18;1-2-16-13-22(31)30(19-7-8-20-21(14-19)28-15-27-20)23(16)17-3-5-18(6-4-17)29-11-9-24(25,26)10-12-29;1-2-15-12-22(29)28(17-7-10-19-20(13-17)27-14-26-19)23(15)16-5-8-18(9-6-16)30-11-3-4-21(24)25;1-2-16-13-22(28)27(19-7-8-20-21(14-19)25-15-24-20)23(16)17-3-5-18(6-4-17)26-9-11-29-12-10-26;1-3-5-12-28-19-9-6-17(7-10-19)23-16(4-2)13-22(27)26(23)18-8-11-20-21(14-18)25-15-24-20/h3-8,13-15,18,24H,2,9-12H2,1H3,(H,28,29);3-8,13-15,23H,2,9-12H2,1H3,(H,27,28);5-10,12-14,21,23H,2-4,11H2,1H3,(H,26,27);3-8,13-15,23H,2,9-12H2,1H3,(H,24,25);6-11,13-15,23H,3-5,12H2,1-2H3,(H,24,25). The Labute approximate surface area is 865 Å². The third-order valence-electron chi connectivity index (χ3n) is 29.3. The number of aromatic amines is 5. The van der Waals surface area contributed by atoms with Crippen molar-refractivity contribution in [1.29, 1.82) is 0 Å². The van der Waals surface area contributed by atoms with Gasteiger partial charge in [0.15, 0.2) is 0 Å². The van der Waals surface area contributed by atoms with Crippen molar-refractivity contribution >= 4 is 136 Å². The van der Waals surface area contributed by atoms with E-state index in [1.54, 1.807) is 66.9 Å². The number of H-pyrrole nitrogens is 5. The number of fused-ring (bicyclic) bond motifs is 5. The number of nitrogens with one attached hydrogen (secondary N) is 5. The highest BCUT2D eigenvalue weighted by atomic mass is 32.2. The first-order valence-corrected chi connectivity index (χ1v) is 52.8.